The average Bonchev–Trinajstić information content (AvgIpc) is 2.65. The Balaban J connectivity index is 2.22. The second-order valence-corrected chi connectivity index (χ2v) is 4.77. The highest BCUT2D eigenvalue weighted by Crippen LogP contribution is 2.21. The summed E-state index contributed by atoms with van der Waals surface area (Å²) in [5, 5.41) is 11.9. The third kappa shape index (κ3) is 2.59. The normalized spacial score (nSPS) is 10.5. The third-order valence-electron chi connectivity index (χ3n) is 2.26. The SMILES string of the molecule is OCc1sccc1Cc1cccc(Cl)c1. The maximum Gasteiger partial charge on any atom is 0.0777 e. The zero-order valence-electron chi connectivity index (χ0n) is 8.11. The van der Waals surface area contributed by atoms with E-state index in [1.165, 1.54) is 11.1 Å². The minimum atomic E-state index is 0.119. The Bertz CT molecular complexity index is 450. The Morgan fingerprint density at radius 1 is 1.27 bits per heavy atom. The van der Waals surface area contributed by atoms with E-state index >= 15 is 0 Å². The van der Waals surface area contributed by atoms with Crippen LogP contribution in [0.4, 0.5) is 0 Å². The lowest BCUT2D eigenvalue weighted by Gasteiger charge is -2.02. The maximum atomic E-state index is 9.12. The van der Waals surface area contributed by atoms with E-state index in [2.05, 4.69) is 6.07 Å². The molecule has 1 nitrogen and oxygen atoms in total. The molecule has 78 valence electrons. The summed E-state index contributed by atoms with van der Waals surface area (Å²) in [7, 11) is 0. The molecule has 0 amide bonds. The minimum absolute atomic E-state index is 0.119. The standard InChI is InChI=1S/C12H11ClOS/c13-11-3-1-2-9(7-11)6-10-4-5-15-12(10)8-14/h1-5,7,14H,6,8H2. The quantitative estimate of drug-likeness (QED) is 0.868. The van der Waals surface area contributed by atoms with E-state index < -0.39 is 0 Å². The molecule has 0 saturated heterocycles. The van der Waals surface area contributed by atoms with Crippen LogP contribution in [0, 0.1) is 0 Å². The van der Waals surface area contributed by atoms with Gasteiger partial charge in [0, 0.05) is 9.90 Å². The van der Waals surface area contributed by atoms with E-state index in [-0.39, 0.29) is 6.61 Å². The molecule has 0 fully saturated rings. The van der Waals surface area contributed by atoms with Crippen molar-refractivity contribution in [2.45, 2.75) is 13.0 Å². The zero-order chi connectivity index (χ0) is 10.7. The monoisotopic (exact) mass is 238 g/mol. The highest BCUT2D eigenvalue weighted by Gasteiger charge is 2.04. The number of halogens is 1. The van der Waals surface area contributed by atoms with Crippen LogP contribution in [0.5, 0.6) is 0 Å². The van der Waals surface area contributed by atoms with E-state index in [1.807, 2.05) is 29.6 Å². The van der Waals surface area contributed by atoms with Crippen molar-refractivity contribution in [3.05, 3.63) is 56.7 Å². The van der Waals surface area contributed by atoms with E-state index in [0.29, 0.717) is 0 Å². The molecular weight excluding hydrogens is 228 g/mol. The molecule has 0 bridgehead atoms. The Morgan fingerprint density at radius 3 is 2.87 bits per heavy atom. The van der Waals surface area contributed by atoms with Gasteiger partial charge in [-0.1, -0.05) is 23.7 Å². The van der Waals surface area contributed by atoms with Gasteiger partial charge in [-0.05, 0) is 41.1 Å². The fraction of sp³-hybridized carbons (Fsp3) is 0.167. The zero-order valence-corrected chi connectivity index (χ0v) is 9.68. The summed E-state index contributed by atoms with van der Waals surface area (Å²) < 4.78 is 0. The molecule has 0 aliphatic rings. The summed E-state index contributed by atoms with van der Waals surface area (Å²) in [6.07, 6.45) is 0.833. The van der Waals surface area contributed by atoms with Crippen LogP contribution in [0.25, 0.3) is 0 Å². The lowest BCUT2D eigenvalue weighted by molar-refractivity contribution is 0.284. The van der Waals surface area contributed by atoms with Crippen LogP contribution in [-0.2, 0) is 13.0 Å². The molecule has 0 spiro atoms. The van der Waals surface area contributed by atoms with Crippen LogP contribution in [0.2, 0.25) is 5.02 Å². The van der Waals surface area contributed by atoms with Crippen molar-refractivity contribution in [3.8, 4) is 0 Å². The predicted molar refractivity (Wildman–Crippen MR) is 64.5 cm³/mol. The first-order chi connectivity index (χ1) is 7.29. The first-order valence-corrected chi connectivity index (χ1v) is 5.96. The number of aliphatic hydroxyl groups excluding tert-OH is 1. The second-order valence-electron chi connectivity index (χ2n) is 3.33. The molecule has 0 aliphatic heterocycles. The van der Waals surface area contributed by atoms with Crippen molar-refractivity contribution in [2.75, 3.05) is 0 Å². The van der Waals surface area contributed by atoms with Crippen molar-refractivity contribution < 1.29 is 5.11 Å². The van der Waals surface area contributed by atoms with Gasteiger partial charge in [-0.3, -0.25) is 0 Å². The number of thiophene rings is 1. The van der Waals surface area contributed by atoms with Gasteiger partial charge >= 0.3 is 0 Å². The molecule has 0 radical (unpaired) electrons. The summed E-state index contributed by atoms with van der Waals surface area (Å²) >= 11 is 7.50. The predicted octanol–water partition coefficient (Wildman–Crippen LogP) is 3.48. The highest BCUT2D eigenvalue weighted by molar-refractivity contribution is 7.10. The summed E-state index contributed by atoms with van der Waals surface area (Å²) in [5.41, 5.74) is 2.36. The van der Waals surface area contributed by atoms with Crippen LogP contribution in [0.15, 0.2) is 35.7 Å². The van der Waals surface area contributed by atoms with E-state index in [0.717, 1.165) is 16.3 Å². The van der Waals surface area contributed by atoms with E-state index in [4.69, 9.17) is 16.7 Å². The second kappa shape index (κ2) is 4.79. The molecule has 2 aromatic rings. The van der Waals surface area contributed by atoms with Gasteiger partial charge in [0.15, 0.2) is 0 Å². The Kier molecular flexibility index (Phi) is 3.41. The summed E-state index contributed by atoms with van der Waals surface area (Å²) in [4.78, 5) is 1.04. The van der Waals surface area contributed by atoms with Crippen molar-refractivity contribution in [3.63, 3.8) is 0 Å². The first kappa shape index (κ1) is 10.7. The number of aliphatic hydroxyl groups is 1. The summed E-state index contributed by atoms with van der Waals surface area (Å²) in [6, 6.07) is 9.87. The molecule has 1 aromatic carbocycles. The molecule has 0 unspecified atom stereocenters. The Hall–Kier alpha value is -0.830. The molecule has 0 atom stereocenters. The Labute approximate surface area is 98.0 Å². The molecule has 15 heavy (non-hydrogen) atoms. The van der Waals surface area contributed by atoms with Crippen LogP contribution >= 0.6 is 22.9 Å². The first-order valence-electron chi connectivity index (χ1n) is 4.70. The van der Waals surface area contributed by atoms with Gasteiger partial charge in [-0.15, -0.1) is 11.3 Å². The van der Waals surface area contributed by atoms with Crippen LogP contribution in [-0.4, -0.2) is 5.11 Å². The molecule has 1 aromatic heterocycles. The van der Waals surface area contributed by atoms with Crippen molar-refractivity contribution in [1.29, 1.82) is 0 Å². The number of rotatable bonds is 3. The lowest BCUT2D eigenvalue weighted by Crippen LogP contribution is -1.90. The van der Waals surface area contributed by atoms with Gasteiger partial charge in [0.05, 0.1) is 6.61 Å². The van der Waals surface area contributed by atoms with Gasteiger partial charge in [-0.25, -0.2) is 0 Å². The smallest absolute Gasteiger partial charge is 0.0777 e. The average molecular weight is 239 g/mol. The van der Waals surface area contributed by atoms with Crippen molar-refractivity contribution >= 4 is 22.9 Å². The van der Waals surface area contributed by atoms with Gasteiger partial charge < -0.3 is 5.11 Å². The van der Waals surface area contributed by atoms with Crippen molar-refractivity contribution in [2.24, 2.45) is 0 Å². The van der Waals surface area contributed by atoms with E-state index in [9.17, 15) is 0 Å². The Morgan fingerprint density at radius 2 is 2.13 bits per heavy atom. The molecule has 2 rings (SSSR count). The molecular formula is C12H11ClOS. The third-order valence-corrected chi connectivity index (χ3v) is 3.45. The number of hydrogen-bond donors (Lipinski definition) is 1. The largest absolute Gasteiger partial charge is 0.391 e. The van der Waals surface area contributed by atoms with Crippen LogP contribution < -0.4 is 0 Å². The fourth-order valence-corrected chi connectivity index (χ4v) is 2.51. The number of hydrogen-bond acceptors (Lipinski definition) is 2. The highest BCUT2D eigenvalue weighted by atomic mass is 35.5. The van der Waals surface area contributed by atoms with Gasteiger partial charge in [0.2, 0.25) is 0 Å². The maximum absolute atomic E-state index is 9.12. The molecule has 1 N–H and O–H groups in total. The topological polar surface area (TPSA) is 20.2 Å². The fourth-order valence-electron chi connectivity index (χ4n) is 1.53. The molecule has 3 heteroatoms. The van der Waals surface area contributed by atoms with Crippen molar-refractivity contribution in [1.82, 2.24) is 0 Å². The summed E-state index contributed by atoms with van der Waals surface area (Å²) in [5.74, 6) is 0. The van der Waals surface area contributed by atoms with Crippen LogP contribution in [0.1, 0.15) is 16.0 Å². The van der Waals surface area contributed by atoms with Gasteiger partial charge in [0.1, 0.15) is 0 Å². The van der Waals surface area contributed by atoms with E-state index in [1.54, 1.807) is 11.3 Å². The molecule has 0 aliphatic carbocycles. The van der Waals surface area contributed by atoms with Gasteiger partial charge in [0.25, 0.3) is 0 Å². The molecule has 0 saturated carbocycles. The van der Waals surface area contributed by atoms with Gasteiger partial charge in [-0.2, -0.15) is 0 Å². The summed E-state index contributed by atoms with van der Waals surface area (Å²) in [6.45, 7) is 0.119. The van der Waals surface area contributed by atoms with Crippen LogP contribution in [0.3, 0.4) is 0 Å². The number of benzene rings is 1. The minimum Gasteiger partial charge on any atom is -0.391 e. The lowest BCUT2D eigenvalue weighted by atomic mass is 10.1. The molecule has 1 heterocycles.